The first-order valence-electron chi connectivity index (χ1n) is 10.2. The van der Waals surface area contributed by atoms with Crippen molar-refractivity contribution in [1.29, 1.82) is 0 Å². The van der Waals surface area contributed by atoms with Crippen LogP contribution in [-0.4, -0.2) is 42.1 Å². The molecule has 1 heterocycles. The van der Waals surface area contributed by atoms with Crippen LogP contribution < -0.4 is 21.5 Å². The van der Waals surface area contributed by atoms with Crippen LogP contribution in [0.15, 0.2) is 23.2 Å². The first-order chi connectivity index (χ1) is 14.6. The van der Waals surface area contributed by atoms with Crippen molar-refractivity contribution in [2.45, 2.75) is 70.4 Å². The van der Waals surface area contributed by atoms with E-state index in [1.807, 2.05) is 0 Å². The van der Waals surface area contributed by atoms with E-state index in [2.05, 4.69) is 4.99 Å². The number of nitrogens with one attached hydrogen (secondary N) is 1. The van der Waals surface area contributed by atoms with E-state index >= 15 is 0 Å². The quantitative estimate of drug-likeness (QED) is 0.426. The number of carbonyl (C=O) groups is 2. The van der Waals surface area contributed by atoms with Crippen molar-refractivity contribution in [3.8, 4) is 5.75 Å². The normalized spacial score (nSPS) is 18.0. The number of nitrogens with zero attached hydrogens (tertiary/aromatic N) is 1. The number of nitrogens with two attached hydrogens (primary N) is 2. The summed E-state index contributed by atoms with van der Waals surface area (Å²) in [6, 6.07) is 4.84. The maximum absolute atomic E-state index is 13.0. The van der Waals surface area contributed by atoms with Crippen molar-refractivity contribution in [2.24, 2.45) is 16.5 Å². The van der Waals surface area contributed by atoms with Crippen molar-refractivity contribution in [3.05, 3.63) is 23.8 Å². The lowest BCUT2D eigenvalue weighted by Gasteiger charge is -2.32. The lowest BCUT2D eigenvalue weighted by molar-refractivity contribution is -0.173. The number of unbranched alkanes of at least 4 members (excludes halogenated alkanes) is 1. The minimum atomic E-state index is -4.95. The molecule has 0 bridgehead atoms. The zero-order valence-corrected chi connectivity index (χ0v) is 18.5. The molecular weight excluding hydrogens is 429 g/mol. The molecule has 0 fully saturated rings. The summed E-state index contributed by atoms with van der Waals surface area (Å²) in [5, 5.41) is 1.80. The Morgan fingerprint density at radius 3 is 2.47 bits per heavy atom. The maximum Gasteiger partial charge on any atom is 0.471 e. The van der Waals surface area contributed by atoms with Gasteiger partial charge < -0.3 is 26.3 Å². The summed E-state index contributed by atoms with van der Waals surface area (Å²) in [7, 11) is 0. The molecule has 2 rings (SSSR count). The van der Waals surface area contributed by atoms with Gasteiger partial charge >= 0.3 is 18.1 Å². The molecule has 2 unspecified atom stereocenters. The van der Waals surface area contributed by atoms with Crippen LogP contribution in [0.1, 0.15) is 52.5 Å². The Labute approximate surface area is 184 Å². The molecule has 2 atom stereocenters. The highest BCUT2D eigenvalue weighted by atomic mass is 19.4. The molecule has 1 aliphatic heterocycles. The zero-order chi connectivity index (χ0) is 24.3. The number of fused-ring (bicyclic) bond motifs is 1. The van der Waals surface area contributed by atoms with Gasteiger partial charge in [-0.15, -0.1) is 0 Å². The Hall–Kier alpha value is -2.82. The van der Waals surface area contributed by atoms with Crippen LogP contribution in [0.4, 0.5) is 18.9 Å². The predicted molar refractivity (Wildman–Crippen MR) is 112 cm³/mol. The topological polar surface area (TPSA) is 129 Å². The number of amides is 1. The molecule has 8 nitrogen and oxygen atoms in total. The van der Waals surface area contributed by atoms with Crippen LogP contribution in [0, 0.1) is 0 Å². The fourth-order valence-corrected chi connectivity index (χ4v) is 3.03. The first kappa shape index (κ1) is 25.4. The predicted octanol–water partition coefficient (Wildman–Crippen LogP) is 2.80. The highest BCUT2D eigenvalue weighted by Gasteiger charge is 2.41. The van der Waals surface area contributed by atoms with E-state index in [0.29, 0.717) is 17.0 Å². The Morgan fingerprint density at radius 1 is 1.22 bits per heavy atom. The lowest BCUT2D eigenvalue weighted by atomic mass is 9.85. The Kier molecular flexibility index (Phi) is 7.44. The van der Waals surface area contributed by atoms with Gasteiger partial charge in [0.25, 0.3) is 0 Å². The van der Waals surface area contributed by atoms with Gasteiger partial charge in [0.05, 0.1) is 0 Å². The summed E-state index contributed by atoms with van der Waals surface area (Å²) in [5.41, 5.74) is 10.8. The number of benzene rings is 1. The lowest BCUT2D eigenvalue weighted by Crippen LogP contribution is -2.48. The van der Waals surface area contributed by atoms with E-state index in [0.717, 1.165) is 0 Å². The number of hydrogen-bond donors (Lipinski definition) is 3. The molecular formula is C21H29F3N4O4. The summed E-state index contributed by atoms with van der Waals surface area (Å²) < 4.78 is 48.1. The van der Waals surface area contributed by atoms with Gasteiger partial charge in [-0.2, -0.15) is 13.2 Å². The molecule has 1 aromatic rings. The third-order valence-corrected chi connectivity index (χ3v) is 4.75. The van der Waals surface area contributed by atoms with E-state index in [1.54, 1.807) is 51.2 Å². The van der Waals surface area contributed by atoms with Crippen molar-refractivity contribution in [1.82, 2.24) is 5.32 Å². The van der Waals surface area contributed by atoms with Gasteiger partial charge in [-0.3, -0.25) is 4.79 Å². The molecule has 178 valence electrons. The number of alkyl halides is 3. The van der Waals surface area contributed by atoms with Crippen LogP contribution in [0.2, 0.25) is 0 Å². The van der Waals surface area contributed by atoms with Gasteiger partial charge in [-0.25, -0.2) is 9.79 Å². The molecule has 0 aromatic heterocycles. The van der Waals surface area contributed by atoms with Crippen LogP contribution in [0.5, 0.6) is 5.75 Å². The average molecular weight is 458 g/mol. The standard InChI is InChI=1S/C21H29F3N4O4/c1-12-16(25)28-14-11-13(7-8-15(14)31-12)20(26,18(30)32-19(2,3)4)9-5-6-10-27-17(29)21(22,23)24/h7-8,11-12H,5-6,9-10,26H2,1-4H3,(H2,25,28)(H,27,29). The monoisotopic (exact) mass is 458 g/mol. The number of ether oxygens (including phenoxy) is 2. The number of aliphatic imine (C=N–C) groups is 1. The van der Waals surface area contributed by atoms with Gasteiger partial charge in [0.1, 0.15) is 28.4 Å². The number of halogens is 3. The average Bonchev–Trinajstić information content (AvgIpc) is 2.65. The number of rotatable bonds is 7. The molecule has 1 aromatic carbocycles. The van der Waals surface area contributed by atoms with Crippen LogP contribution in [0.3, 0.4) is 0 Å². The second kappa shape index (κ2) is 9.35. The molecule has 11 heteroatoms. The molecule has 1 amide bonds. The van der Waals surface area contributed by atoms with E-state index in [1.165, 1.54) is 0 Å². The van der Waals surface area contributed by atoms with E-state index in [-0.39, 0.29) is 31.6 Å². The van der Waals surface area contributed by atoms with Crippen LogP contribution in [0.25, 0.3) is 0 Å². The molecule has 0 spiro atoms. The molecule has 32 heavy (non-hydrogen) atoms. The van der Waals surface area contributed by atoms with Gasteiger partial charge in [0.15, 0.2) is 6.10 Å². The van der Waals surface area contributed by atoms with Gasteiger partial charge in [0.2, 0.25) is 0 Å². The Bertz CT molecular complexity index is 896. The molecule has 0 saturated heterocycles. The number of esters is 1. The molecule has 0 aliphatic carbocycles. The number of carbonyl (C=O) groups excluding carboxylic acids is 2. The Morgan fingerprint density at radius 2 is 1.88 bits per heavy atom. The van der Waals surface area contributed by atoms with Crippen molar-refractivity contribution in [3.63, 3.8) is 0 Å². The summed E-state index contributed by atoms with van der Waals surface area (Å²) in [6.07, 6.45) is -4.84. The summed E-state index contributed by atoms with van der Waals surface area (Å²) in [6.45, 7) is 6.64. The minimum Gasteiger partial charge on any atom is -0.481 e. The zero-order valence-electron chi connectivity index (χ0n) is 18.5. The highest BCUT2D eigenvalue weighted by Crippen LogP contribution is 2.37. The highest BCUT2D eigenvalue weighted by molar-refractivity contribution is 5.90. The third-order valence-electron chi connectivity index (χ3n) is 4.75. The van der Waals surface area contributed by atoms with Gasteiger partial charge in [-0.1, -0.05) is 6.07 Å². The van der Waals surface area contributed by atoms with Gasteiger partial charge in [-0.05, 0) is 64.7 Å². The molecule has 1 aliphatic rings. The third kappa shape index (κ3) is 6.35. The van der Waals surface area contributed by atoms with E-state index < -0.39 is 35.3 Å². The van der Waals surface area contributed by atoms with Crippen molar-refractivity contribution < 1.29 is 32.2 Å². The smallest absolute Gasteiger partial charge is 0.471 e. The SMILES string of the molecule is CC1Oc2ccc(C(N)(CCCCNC(=O)C(F)(F)F)C(=O)OC(C)(C)C)cc2N=C1N. The second-order valence-corrected chi connectivity index (χ2v) is 8.66. The van der Waals surface area contributed by atoms with E-state index in [9.17, 15) is 22.8 Å². The molecule has 5 N–H and O–H groups in total. The molecule has 0 saturated carbocycles. The maximum atomic E-state index is 13.0. The largest absolute Gasteiger partial charge is 0.481 e. The fourth-order valence-electron chi connectivity index (χ4n) is 3.03. The summed E-state index contributed by atoms with van der Waals surface area (Å²) in [5.74, 6) is -1.94. The minimum absolute atomic E-state index is 0.0685. The van der Waals surface area contributed by atoms with Gasteiger partial charge in [0, 0.05) is 6.54 Å². The van der Waals surface area contributed by atoms with E-state index in [4.69, 9.17) is 20.9 Å². The second-order valence-electron chi connectivity index (χ2n) is 8.66. The fraction of sp³-hybridized carbons (Fsp3) is 0.571. The van der Waals surface area contributed by atoms with Crippen LogP contribution >= 0.6 is 0 Å². The number of hydrogen-bond acceptors (Lipinski definition) is 7. The van der Waals surface area contributed by atoms with Crippen molar-refractivity contribution >= 4 is 23.4 Å². The first-order valence-corrected chi connectivity index (χ1v) is 10.2. The van der Waals surface area contributed by atoms with Crippen LogP contribution in [-0.2, 0) is 19.9 Å². The summed E-state index contributed by atoms with van der Waals surface area (Å²) >= 11 is 0. The number of amidine groups is 1. The van der Waals surface area contributed by atoms with Crippen molar-refractivity contribution in [2.75, 3.05) is 6.54 Å². The molecule has 0 radical (unpaired) electrons. The summed E-state index contributed by atoms with van der Waals surface area (Å²) in [4.78, 5) is 28.2. The Balaban J connectivity index is 2.21.